The fraction of sp³-hybridized carbons (Fsp3) is 0.895. The first-order valence-electron chi connectivity index (χ1n) is 10.2. The molecule has 0 aromatic heterocycles. The Kier molecular flexibility index (Phi) is 6.57. The van der Waals surface area contributed by atoms with Gasteiger partial charge in [0.1, 0.15) is 0 Å². The van der Waals surface area contributed by atoms with Gasteiger partial charge in [0.15, 0.2) is 0 Å². The minimum absolute atomic E-state index is 0.122. The van der Waals surface area contributed by atoms with Gasteiger partial charge in [-0.2, -0.15) is 0 Å². The molecule has 25 heavy (non-hydrogen) atoms. The van der Waals surface area contributed by atoms with Crippen LogP contribution in [0.15, 0.2) is 0 Å². The van der Waals surface area contributed by atoms with E-state index in [2.05, 4.69) is 10.2 Å². The van der Waals surface area contributed by atoms with Gasteiger partial charge in [-0.25, -0.2) is 4.79 Å². The Balaban J connectivity index is 1.40. The Hall–Kier alpha value is -1.30. The Morgan fingerprint density at radius 2 is 1.40 bits per heavy atom. The fourth-order valence-electron chi connectivity index (χ4n) is 4.47. The van der Waals surface area contributed by atoms with Crippen LogP contribution in [0.5, 0.6) is 0 Å². The van der Waals surface area contributed by atoms with E-state index in [0.717, 1.165) is 90.3 Å². The molecule has 6 heteroatoms. The fourth-order valence-corrected chi connectivity index (χ4v) is 4.47. The second kappa shape index (κ2) is 8.88. The molecule has 0 aromatic rings. The summed E-state index contributed by atoms with van der Waals surface area (Å²) in [5.74, 6) is 1.22. The van der Waals surface area contributed by atoms with E-state index in [1.165, 1.54) is 6.42 Å². The van der Waals surface area contributed by atoms with Crippen molar-refractivity contribution >= 4 is 11.9 Å². The standard InChI is InChI=1S/C19H34N4O2/c1-20-9-4-16-5-12-21(13-6-16)18(24)17-7-14-23(15-8-17)19(25)22-10-2-3-11-22/h16-17,20H,2-15H2,1H3. The number of carbonyl (C=O) groups excluding carboxylic acids is 2. The number of piperidine rings is 2. The Morgan fingerprint density at radius 1 is 0.840 bits per heavy atom. The lowest BCUT2D eigenvalue weighted by Crippen LogP contribution is -2.49. The molecule has 0 spiro atoms. The van der Waals surface area contributed by atoms with Gasteiger partial charge >= 0.3 is 6.03 Å². The predicted molar refractivity (Wildman–Crippen MR) is 98.3 cm³/mol. The molecule has 0 radical (unpaired) electrons. The number of nitrogens with zero attached hydrogens (tertiary/aromatic N) is 3. The van der Waals surface area contributed by atoms with Crippen LogP contribution in [0.4, 0.5) is 4.79 Å². The third kappa shape index (κ3) is 4.66. The second-order valence-electron chi connectivity index (χ2n) is 7.90. The van der Waals surface area contributed by atoms with E-state index in [1.807, 2.05) is 16.8 Å². The van der Waals surface area contributed by atoms with Crippen molar-refractivity contribution in [3.05, 3.63) is 0 Å². The molecular formula is C19H34N4O2. The van der Waals surface area contributed by atoms with Crippen LogP contribution in [0.3, 0.4) is 0 Å². The molecule has 0 saturated carbocycles. The molecule has 6 nitrogen and oxygen atoms in total. The van der Waals surface area contributed by atoms with Gasteiger partial charge in [-0.1, -0.05) is 0 Å². The van der Waals surface area contributed by atoms with E-state index in [0.29, 0.717) is 5.91 Å². The molecule has 0 aromatic carbocycles. The third-order valence-corrected chi connectivity index (χ3v) is 6.22. The van der Waals surface area contributed by atoms with Gasteiger partial charge in [0.05, 0.1) is 0 Å². The van der Waals surface area contributed by atoms with Crippen molar-refractivity contribution in [3.63, 3.8) is 0 Å². The SMILES string of the molecule is CNCCC1CCN(C(=O)C2CCN(C(=O)N3CCCC3)CC2)CC1. The lowest BCUT2D eigenvalue weighted by Gasteiger charge is -2.38. The first-order valence-corrected chi connectivity index (χ1v) is 10.2. The van der Waals surface area contributed by atoms with E-state index in [9.17, 15) is 9.59 Å². The van der Waals surface area contributed by atoms with Gasteiger partial charge in [-0.15, -0.1) is 0 Å². The van der Waals surface area contributed by atoms with Crippen LogP contribution in [-0.4, -0.2) is 79.5 Å². The molecule has 3 aliphatic rings. The number of carbonyl (C=O) groups is 2. The van der Waals surface area contributed by atoms with Crippen molar-refractivity contribution in [1.29, 1.82) is 0 Å². The third-order valence-electron chi connectivity index (χ3n) is 6.22. The summed E-state index contributed by atoms with van der Waals surface area (Å²) in [6, 6.07) is 0.189. The number of urea groups is 1. The first-order chi connectivity index (χ1) is 12.2. The maximum Gasteiger partial charge on any atom is 0.319 e. The lowest BCUT2D eigenvalue weighted by atomic mass is 9.90. The molecule has 0 atom stereocenters. The highest BCUT2D eigenvalue weighted by atomic mass is 16.2. The van der Waals surface area contributed by atoms with Gasteiger partial charge in [-0.05, 0) is 64.5 Å². The minimum Gasteiger partial charge on any atom is -0.342 e. The number of rotatable bonds is 4. The largest absolute Gasteiger partial charge is 0.342 e. The van der Waals surface area contributed by atoms with Crippen LogP contribution in [0.1, 0.15) is 44.9 Å². The molecule has 0 unspecified atom stereocenters. The normalized spacial score (nSPS) is 23.3. The highest BCUT2D eigenvalue weighted by molar-refractivity contribution is 5.80. The Morgan fingerprint density at radius 3 is 2.00 bits per heavy atom. The molecule has 3 fully saturated rings. The van der Waals surface area contributed by atoms with E-state index < -0.39 is 0 Å². The number of hydrogen-bond acceptors (Lipinski definition) is 3. The molecule has 0 aliphatic carbocycles. The van der Waals surface area contributed by atoms with Crippen LogP contribution >= 0.6 is 0 Å². The average Bonchev–Trinajstić information content (AvgIpc) is 3.20. The summed E-state index contributed by atoms with van der Waals surface area (Å²) < 4.78 is 0. The lowest BCUT2D eigenvalue weighted by molar-refractivity contribution is -0.138. The van der Waals surface area contributed by atoms with Gasteiger partial charge < -0.3 is 20.0 Å². The van der Waals surface area contributed by atoms with Crippen LogP contribution in [0.2, 0.25) is 0 Å². The molecule has 3 saturated heterocycles. The van der Waals surface area contributed by atoms with E-state index in [4.69, 9.17) is 0 Å². The molecule has 3 aliphatic heterocycles. The summed E-state index contributed by atoms with van der Waals surface area (Å²) in [4.78, 5) is 31.3. The highest BCUT2D eigenvalue weighted by Crippen LogP contribution is 2.25. The summed E-state index contributed by atoms with van der Waals surface area (Å²) >= 11 is 0. The van der Waals surface area contributed by atoms with E-state index >= 15 is 0 Å². The van der Waals surface area contributed by atoms with Crippen molar-refractivity contribution in [2.45, 2.75) is 44.9 Å². The highest BCUT2D eigenvalue weighted by Gasteiger charge is 2.33. The van der Waals surface area contributed by atoms with Crippen molar-refractivity contribution in [3.8, 4) is 0 Å². The van der Waals surface area contributed by atoms with Crippen LogP contribution in [0.25, 0.3) is 0 Å². The number of nitrogens with one attached hydrogen (secondary N) is 1. The molecule has 3 heterocycles. The molecule has 3 amide bonds. The van der Waals surface area contributed by atoms with Crippen LogP contribution in [-0.2, 0) is 4.79 Å². The maximum atomic E-state index is 12.8. The molecule has 3 rings (SSSR count). The zero-order valence-electron chi connectivity index (χ0n) is 15.7. The monoisotopic (exact) mass is 350 g/mol. The van der Waals surface area contributed by atoms with Gasteiger partial charge in [0.25, 0.3) is 0 Å². The van der Waals surface area contributed by atoms with E-state index in [-0.39, 0.29) is 11.9 Å². The van der Waals surface area contributed by atoms with Crippen molar-refractivity contribution < 1.29 is 9.59 Å². The maximum absolute atomic E-state index is 12.8. The predicted octanol–water partition coefficient (Wildman–Crippen LogP) is 1.76. The topological polar surface area (TPSA) is 55.9 Å². The van der Waals surface area contributed by atoms with Crippen molar-refractivity contribution in [1.82, 2.24) is 20.0 Å². The zero-order chi connectivity index (χ0) is 17.6. The summed E-state index contributed by atoms with van der Waals surface area (Å²) in [7, 11) is 2.00. The Bertz CT molecular complexity index is 448. The first kappa shape index (κ1) is 18.5. The smallest absolute Gasteiger partial charge is 0.319 e. The average molecular weight is 351 g/mol. The van der Waals surface area contributed by atoms with Gasteiger partial charge in [0, 0.05) is 45.2 Å². The number of likely N-dealkylation sites (tertiary alicyclic amines) is 3. The van der Waals surface area contributed by atoms with E-state index in [1.54, 1.807) is 0 Å². The summed E-state index contributed by atoms with van der Waals surface area (Å²) in [5.41, 5.74) is 0. The van der Waals surface area contributed by atoms with Gasteiger partial charge in [-0.3, -0.25) is 4.79 Å². The Labute approximate surface area is 151 Å². The number of amides is 3. The molecule has 0 bridgehead atoms. The second-order valence-corrected chi connectivity index (χ2v) is 7.90. The molecular weight excluding hydrogens is 316 g/mol. The van der Waals surface area contributed by atoms with Crippen LogP contribution in [0, 0.1) is 11.8 Å². The number of hydrogen-bond donors (Lipinski definition) is 1. The van der Waals surface area contributed by atoms with Crippen molar-refractivity contribution in [2.24, 2.45) is 11.8 Å². The summed E-state index contributed by atoms with van der Waals surface area (Å²) in [6.07, 6.45) is 7.42. The molecule has 142 valence electrons. The van der Waals surface area contributed by atoms with Crippen LogP contribution < -0.4 is 5.32 Å². The summed E-state index contributed by atoms with van der Waals surface area (Å²) in [6.45, 7) is 6.19. The van der Waals surface area contributed by atoms with Gasteiger partial charge in [0.2, 0.25) is 5.91 Å². The quantitative estimate of drug-likeness (QED) is 0.841. The minimum atomic E-state index is 0.122. The summed E-state index contributed by atoms with van der Waals surface area (Å²) in [5, 5.41) is 3.22. The van der Waals surface area contributed by atoms with Crippen molar-refractivity contribution in [2.75, 3.05) is 52.9 Å². The molecule has 1 N–H and O–H groups in total. The zero-order valence-corrected chi connectivity index (χ0v) is 15.7.